The number of hydrogen-bond acceptors (Lipinski definition) is 4. The number of hydrogen-bond donors (Lipinski definition) is 3. The van der Waals surface area contributed by atoms with Crippen LogP contribution in [0.5, 0.6) is 0 Å². The molecule has 0 saturated carbocycles. The average Bonchev–Trinajstić information content (AvgIpc) is 1.83. The van der Waals surface area contributed by atoms with Gasteiger partial charge in [0.1, 0.15) is 6.29 Å². The Labute approximate surface area is 74.4 Å². The molecule has 0 aromatic rings. The molecule has 0 unspecified atom stereocenters. The molecule has 0 atom stereocenters. The lowest BCUT2D eigenvalue weighted by Gasteiger charge is -2.15. The number of hydrazone groups is 1. The van der Waals surface area contributed by atoms with Gasteiger partial charge in [0, 0.05) is 6.21 Å². The van der Waals surface area contributed by atoms with Crippen LogP contribution in [0.3, 0.4) is 0 Å². The molecule has 0 heterocycles. The lowest BCUT2D eigenvalue weighted by atomic mass is 9.91. The summed E-state index contributed by atoms with van der Waals surface area (Å²) in [6.45, 7) is 6.59. The van der Waals surface area contributed by atoms with Crippen molar-refractivity contribution in [3.8, 4) is 0 Å². The van der Waals surface area contributed by atoms with E-state index in [0.29, 0.717) is 5.41 Å². The molecule has 5 N–H and O–H groups in total. The van der Waals surface area contributed by atoms with Crippen molar-refractivity contribution in [2.45, 2.75) is 39.9 Å². The van der Waals surface area contributed by atoms with Gasteiger partial charge in [0.2, 0.25) is 0 Å². The highest BCUT2D eigenvalue weighted by molar-refractivity contribution is 5.56. The molecule has 0 aromatic carbocycles. The summed E-state index contributed by atoms with van der Waals surface area (Å²) in [6.07, 6.45) is 3.30. The summed E-state index contributed by atoms with van der Waals surface area (Å²) in [5.74, 6) is 0. The first-order valence-corrected chi connectivity index (χ1v) is 4.20. The van der Waals surface area contributed by atoms with Crippen molar-refractivity contribution < 1.29 is 0 Å². The first-order chi connectivity index (χ1) is 5.42. The Hall–Kier alpha value is -0.610. The Kier molecular flexibility index (Phi) is 4.85. The average molecular weight is 172 g/mol. The second-order valence-electron chi connectivity index (χ2n) is 4.07. The van der Waals surface area contributed by atoms with Gasteiger partial charge in [-0.2, -0.15) is 5.10 Å². The maximum Gasteiger partial charge on any atom is 0.142 e. The van der Waals surface area contributed by atoms with E-state index < -0.39 is 6.29 Å². The van der Waals surface area contributed by atoms with E-state index in [0.717, 1.165) is 12.8 Å². The predicted octanol–water partition coefficient (Wildman–Crippen LogP) is 0.589. The molecule has 0 aliphatic heterocycles. The van der Waals surface area contributed by atoms with Gasteiger partial charge < -0.3 is 0 Å². The standard InChI is InChI=1S/C8H20N4/c1-8(2,3)5-4-6-11-12-7(9)10/h6-7,12H,4-5,9-10H2,1-3H3/b11-6+. The van der Waals surface area contributed by atoms with E-state index in [1.807, 2.05) is 0 Å². The Balaban J connectivity index is 3.37. The predicted molar refractivity (Wildman–Crippen MR) is 52.5 cm³/mol. The van der Waals surface area contributed by atoms with Crippen LogP contribution in [0.1, 0.15) is 33.6 Å². The molecule has 0 saturated heterocycles. The zero-order valence-corrected chi connectivity index (χ0v) is 8.17. The van der Waals surface area contributed by atoms with Crippen molar-refractivity contribution in [2.24, 2.45) is 22.0 Å². The van der Waals surface area contributed by atoms with E-state index >= 15 is 0 Å². The van der Waals surface area contributed by atoms with Crippen molar-refractivity contribution in [1.29, 1.82) is 0 Å². The highest BCUT2D eigenvalue weighted by Crippen LogP contribution is 2.19. The molecule has 0 aliphatic rings. The molecule has 4 heteroatoms. The van der Waals surface area contributed by atoms with Crippen LogP contribution in [0.25, 0.3) is 0 Å². The third-order valence-electron chi connectivity index (χ3n) is 1.34. The Morgan fingerprint density at radius 1 is 1.42 bits per heavy atom. The van der Waals surface area contributed by atoms with Crippen LogP contribution in [-0.4, -0.2) is 12.5 Å². The van der Waals surface area contributed by atoms with Gasteiger partial charge in [0.25, 0.3) is 0 Å². The monoisotopic (exact) mass is 172 g/mol. The quantitative estimate of drug-likeness (QED) is 0.330. The number of nitrogens with one attached hydrogen (secondary N) is 1. The van der Waals surface area contributed by atoms with Crippen LogP contribution >= 0.6 is 0 Å². The number of nitrogens with zero attached hydrogens (tertiary/aromatic N) is 1. The van der Waals surface area contributed by atoms with Crippen molar-refractivity contribution in [3.05, 3.63) is 0 Å². The van der Waals surface area contributed by atoms with Gasteiger partial charge in [-0.3, -0.25) is 16.9 Å². The molecule has 0 radical (unpaired) electrons. The fraction of sp³-hybridized carbons (Fsp3) is 0.875. The molecule has 0 fully saturated rings. The summed E-state index contributed by atoms with van der Waals surface area (Å²) < 4.78 is 0. The third-order valence-corrected chi connectivity index (χ3v) is 1.34. The molecular weight excluding hydrogens is 152 g/mol. The number of nitrogens with two attached hydrogens (primary N) is 2. The van der Waals surface area contributed by atoms with Gasteiger partial charge in [-0.15, -0.1) is 0 Å². The highest BCUT2D eigenvalue weighted by atomic mass is 15.4. The van der Waals surface area contributed by atoms with Gasteiger partial charge in [-0.25, -0.2) is 0 Å². The summed E-state index contributed by atoms with van der Waals surface area (Å²) in [5, 5.41) is 3.85. The van der Waals surface area contributed by atoms with Crippen LogP contribution < -0.4 is 16.9 Å². The maximum absolute atomic E-state index is 5.21. The minimum atomic E-state index is -0.559. The van der Waals surface area contributed by atoms with Gasteiger partial charge in [0.05, 0.1) is 0 Å². The summed E-state index contributed by atoms with van der Waals surface area (Å²) in [5.41, 5.74) is 13.3. The zero-order valence-electron chi connectivity index (χ0n) is 8.17. The van der Waals surface area contributed by atoms with Crippen molar-refractivity contribution in [1.82, 2.24) is 5.43 Å². The van der Waals surface area contributed by atoms with E-state index in [2.05, 4.69) is 31.3 Å². The van der Waals surface area contributed by atoms with Crippen LogP contribution in [0, 0.1) is 5.41 Å². The van der Waals surface area contributed by atoms with Crippen molar-refractivity contribution >= 4 is 6.21 Å². The summed E-state index contributed by atoms with van der Waals surface area (Å²) >= 11 is 0. The molecule has 4 nitrogen and oxygen atoms in total. The Morgan fingerprint density at radius 2 is 2.00 bits per heavy atom. The first-order valence-electron chi connectivity index (χ1n) is 4.20. The van der Waals surface area contributed by atoms with Crippen LogP contribution in [0.2, 0.25) is 0 Å². The molecule has 12 heavy (non-hydrogen) atoms. The maximum atomic E-state index is 5.21. The lowest BCUT2D eigenvalue weighted by molar-refractivity contribution is 0.387. The fourth-order valence-corrected chi connectivity index (χ4v) is 0.701. The van der Waals surface area contributed by atoms with Crippen molar-refractivity contribution in [2.75, 3.05) is 0 Å². The minimum Gasteiger partial charge on any atom is -0.298 e. The largest absolute Gasteiger partial charge is 0.298 e. The molecule has 0 bridgehead atoms. The van der Waals surface area contributed by atoms with Gasteiger partial charge in [-0.05, 0) is 18.3 Å². The smallest absolute Gasteiger partial charge is 0.142 e. The molecule has 0 rings (SSSR count). The molecule has 0 spiro atoms. The minimum absolute atomic E-state index is 0.358. The van der Waals surface area contributed by atoms with E-state index in [4.69, 9.17) is 11.5 Å². The second kappa shape index (κ2) is 5.11. The van der Waals surface area contributed by atoms with Crippen LogP contribution in [-0.2, 0) is 0 Å². The number of rotatable bonds is 4. The highest BCUT2D eigenvalue weighted by Gasteiger charge is 2.07. The van der Waals surface area contributed by atoms with Gasteiger partial charge >= 0.3 is 0 Å². The molecule has 0 aromatic heterocycles. The summed E-state index contributed by atoms with van der Waals surface area (Å²) in [4.78, 5) is 0. The normalized spacial score (nSPS) is 12.8. The molecule has 72 valence electrons. The van der Waals surface area contributed by atoms with Crippen LogP contribution in [0.15, 0.2) is 5.10 Å². The van der Waals surface area contributed by atoms with E-state index in [9.17, 15) is 0 Å². The van der Waals surface area contributed by atoms with Crippen molar-refractivity contribution in [3.63, 3.8) is 0 Å². The summed E-state index contributed by atoms with van der Waals surface area (Å²) in [7, 11) is 0. The third kappa shape index (κ3) is 9.39. The first kappa shape index (κ1) is 11.4. The van der Waals surface area contributed by atoms with Crippen LogP contribution in [0.4, 0.5) is 0 Å². The summed E-state index contributed by atoms with van der Waals surface area (Å²) in [6, 6.07) is 0. The molecule has 0 amide bonds. The second-order valence-corrected chi connectivity index (χ2v) is 4.07. The Bertz CT molecular complexity index is 134. The van der Waals surface area contributed by atoms with E-state index in [-0.39, 0.29) is 0 Å². The topological polar surface area (TPSA) is 76.4 Å². The van der Waals surface area contributed by atoms with E-state index in [1.54, 1.807) is 6.21 Å². The Morgan fingerprint density at radius 3 is 2.42 bits per heavy atom. The van der Waals surface area contributed by atoms with Gasteiger partial charge in [0.15, 0.2) is 0 Å². The zero-order chi connectivity index (χ0) is 9.61. The van der Waals surface area contributed by atoms with Gasteiger partial charge in [-0.1, -0.05) is 20.8 Å². The molecule has 0 aliphatic carbocycles. The fourth-order valence-electron chi connectivity index (χ4n) is 0.701. The molecular formula is C8H20N4. The van der Waals surface area contributed by atoms with E-state index in [1.165, 1.54) is 0 Å². The SMILES string of the molecule is CC(C)(C)CC/C=N/NC(N)N. The lowest BCUT2D eigenvalue weighted by Crippen LogP contribution is -2.42.